The van der Waals surface area contributed by atoms with Gasteiger partial charge in [-0.1, -0.05) is 0 Å². The number of rotatable bonds is 24. The molecule has 0 amide bonds. The number of unbranched alkanes of at least 4 members (excludes halogenated alkanes) is 18. The Kier molecular flexibility index (Phi) is 26.3. The van der Waals surface area contributed by atoms with Gasteiger partial charge in [-0.25, -0.2) is 0 Å². The fraction of sp³-hybridized carbons (Fsp3) is 1.00. The van der Waals surface area contributed by atoms with Crippen molar-refractivity contribution in [3.8, 4) is 0 Å². The van der Waals surface area contributed by atoms with E-state index in [-0.39, 0.29) is 0 Å². The van der Waals surface area contributed by atoms with E-state index >= 15 is 0 Å². The summed E-state index contributed by atoms with van der Waals surface area (Å²) >= 11 is -0.944. The Labute approximate surface area is 186 Å². The molecule has 28 heavy (non-hydrogen) atoms. The van der Waals surface area contributed by atoms with E-state index in [0.29, 0.717) is 0 Å². The van der Waals surface area contributed by atoms with Crippen LogP contribution in [-0.2, 0) is 0 Å². The first-order valence-electron chi connectivity index (χ1n) is 13.8. The van der Waals surface area contributed by atoms with Gasteiger partial charge in [-0.15, -0.1) is 0 Å². The van der Waals surface area contributed by atoms with E-state index in [9.17, 15) is 0 Å². The van der Waals surface area contributed by atoms with E-state index in [1.54, 1.807) is 53.5 Å². The molecule has 1 heteroatoms. The van der Waals surface area contributed by atoms with Crippen molar-refractivity contribution in [3.63, 3.8) is 0 Å². The molecule has 0 bridgehead atoms. The van der Waals surface area contributed by atoms with Crippen LogP contribution in [0.2, 0.25) is 14.9 Å². The summed E-state index contributed by atoms with van der Waals surface area (Å²) in [4.78, 5) is 5.14. The van der Waals surface area contributed by atoms with Crippen LogP contribution in [0.4, 0.5) is 0 Å². The average molecular weight is 451 g/mol. The number of hydrogen-bond acceptors (Lipinski definition) is 0. The molecule has 0 aliphatic carbocycles. The SMILES string of the molecule is CCCCCCCC[CH2][Ga]([CH2]CCCCCCCC)[CH2]CCCCCCCC. The summed E-state index contributed by atoms with van der Waals surface area (Å²) in [6.07, 6.45) is 31.4. The molecule has 0 saturated heterocycles. The van der Waals surface area contributed by atoms with Gasteiger partial charge < -0.3 is 0 Å². The van der Waals surface area contributed by atoms with Crippen molar-refractivity contribution in [2.24, 2.45) is 0 Å². The summed E-state index contributed by atoms with van der Waals surface area (Å²) in [5, 5.41) is 0. The molecule has 0 atom stereocenters. The van der Waals surface area contributed by atoms with Crippen molar-refractivity contribution in [2.75, 3.05) is 0 Å². The van der Waals surface area contributed by atoms with Gasteiger partial charge in [-0.05, 0) is 0 Å². The summed E-state index contributed by atoms with van der Waals surface area (Å²) in [6, 6.07) is 0. The Morgan fingerprint density at radius 1 is 0.286 bits per heavy atom. The Morgan fingerprint density at radius 2 is 0.500 bits per heavy atom. The predicted molar refractivity (Wildman–Crippen MR) is 134 cm³/mol. The molecule has 0 aliphatic heterocycles. The quantitative estimate of drug-likeness (QED) is 0.101. The molecular weight excluding hydrogens is 394 g/mol. The molecule has 0 radical (unpaired) electrons. The Balaban J connectivity index is 3.80. The van der Waals surface area contributed by atoms with E-state index in [1.165, 1.54) is 96.3 Å². The summed E-state index contributed by atoms with van der Waals surface area (Å²) < 4.78 is 0. The molecule has 0 nitrogen and oxygen atoms in total. The summed E-state index contributed by atoms with van der Waals surface area (Å²) in [6.45, 7) is 6.98. The van der Waals surface area contributed by atoms with Gasteiger partial charge in [0, 0.05) is 0 Å². The molecule has 0 aromatic heterocycles. The van der Waals surface area contributed by atoms with Crippen LogP contribution in [0.3, 0.4) is 0 Å². The molecule has 0 unspecified atom stereocenters. The van der Waals surface area contributed by atoms with Gasteiger partial charge in [0.1, 0.15) is 0 Å². The topological polar surface area (TPSA) is 0 Å². The average Bonchev–Trinajstić information content (AvgIpc) is 2.71. The van der Waals surface area contributed by atoms with Crippen LogP contribution in [0.15, 0.2) is 0 Å². The van der Waals surface area contributed by atoms with Gasteiger partial charge in [0.25, 0.3) is 0 Å². The summed E-state index contributed by atoms with van der Waals surface area (Å²) in [5.74, 6) is 0. The molecule has 0 saturated carbocycles. The van der Waals surface area contributed by atoms with Crippen molar-refractivity contribution in [3.05, 3.63) is 0 Å². The fourth-order valence-corrected chi connectivity index (χ4v) is 11.9. The zero-order valence-electron chi connectivity index (χ0n) is 20.5. The van der Waals surface area contributed by atoms with Gasteiger partial charge in [-0.3, -0.25) is 0 Å². The second-order valence-corrected chi connectivity index (χ2v) is 16.9. The van der Waals surface area contributed by atoms with E-state index in [1.807, 2.05) is 0 Å². The molecule has 0 aromatic carbocycles. The standard InChI is InChI=1S/3C9H19.Ga/c3*1-3-5-7-9-8-6-4-2;/h3*1,3-9H2,2H3;. The first-order chi connectivity index (χ1) is 13.8. The zero-order chi connectivity index (χ0) is 20.5. The molecular formula is C27H57Ga. The number of hydrogen-bond donors (Lipinski definition) is 0. The van der Waals surface area contributed by atoms with Crippen molar-refractivity contribution in [2.45, 2.75) is 171 Å². The molecule has 0 fully saturated rings. The van der Waals surface area contributed by atoms with Crippen molar-refractivity contribution in [1.82, 2.24) is 0 Å². The first kappa shape index (κ1) is 28.6. The van der Waals surface area contributed by atoms with Crippen LogP contribution in [0, 0.1) is 0 Å². The van der Waals surface area contributed by atoms with Crippen molar-refractivity contribution >= 4 is 16.2 Å². The van der Waals surface area contributed by atoms with E-state index in [4.69, 9.17) is 0 Å². The Hall–Kier alpha value is 0.636. The maximum atomic E-state index is 2.33. The van der Waals surface area contributed by atoms with Crippen LogP contribution in [-0.4, -0.2) is 16.2 Å². The van der Waals surface area contributed by atoms with Crippen LogP contribution in [0.1, 0.15) is 156 Å². The van der Waals surface area contributed by atoms with Gasteiger partial charge in [0.15, 0.2) is 0 Å². The predicted octanol–water partition coefficient (Wildman–Crippen LogP) is 10.7. The molecule has 0 aromatic rings. The fourth-order valence-electron chi connectivity index (χ4n) is 4.60. The molecule has 0 heterocycles. The van der Waals surface area contributed by atoms with Gasteiger partial charge in [0.2, 0.25) is 0 Å². The van der Waals surface area contributed by atoms with Crippen LogP contribution in [0.5, 0.6) is 0 Å². The normalized spacial score (nSPS) is 11.2. The van der Waals surface area contributed by atoms with Gasteiger partial charge in [0.05, 0.1) is 0 Å². The van der Waals surface area contributed by atoms with Crippen LogP contribution in [0.25, 0.3) is 0 Å². The monoisotopic (exact) mass is 450 g/mol. The zero-order valence-corrected chi connectivity index (χ0v) is 23.0. The van der Waals surface area contributed by atoms with Crippen LogP contribution >= 0.6 is 0 Å². The molecule has 168 valence electrons. The van der Waals surface area contributed by atoms with E-state index in [0.717, 1.165) is 0 Å². The third-order valence-corrected chi connectivity index (χ3v) is 14.4. The second-order valence-electron chi connectivity index (χ2n) is 9.60. The second kappa shape index (κ2) is 25.7. The Morgan fingerprint density at radius 3 is 0.750 bits per heavy atom. The minimum absolute atomic E-state index is 0.944. The third kappa shape index (κ3) is 22.9. The third-order valence-electron chi connectivity index (χ3n) is 6.65. The summed E-state index contributed by atoms with van der Waals surface area (Å²) in [5.41, 5.74) is 0. The van der Waals surface area contributed by atoms with E-state index in [2.05, 4.69) is 20.8 Å². The minimum atomic E-state index is -0.944. The molecule has 0 spiro atoms. The molecule has 0 rings (SSSR count). The van der Waals surface area contributed by atoms with E-state index < -0.39 is 16.2 Å². The first-order valence-corrected chi connectivity index (χ1v) is 19.0. The molecule has 0 aliphatic rings. The Bertz CT molecular complexity index is 220. The maximum absolute atomic E-state index is 2.33. The van der Waals surface area contributed by atoms with Crippen LogP contribution < -0.4 is 0 Å². The molecule has 0 N–H and O–H groups in total. The van der Waals surface area contributed by atoms with Crippen molar-refractivity contribution in [1.29, 1.82) is 0 Å². The van der Waals surface area contributed by atoms with Crippen molar-refractivity contribution < 1.29 is 0 Å². The van der Waals surface area contributed by atoms with Gasteiger partial charge >= 0.3 is 187 Å². The summed E-state index contributed by atoms with van der Waals surface area (Å²) in [7, 11) is 0. The van der Waals surface area contributed by atoms with Gasteiger partial charge in [-0.2, -0.15) is 0 Å².